The summed E-state index contributed by atoms with van der Waals surface area (Å²) in [5.41, 5.74) is 1.14. The van der Waals surface area contributed by atoms with Crippen LogP contribution in [0.2, 0.25) is 0 Å². The summed E-state index contributed by atoms with van der Waals surface area (Å²) in [7, 11) is 0. The number of aryl methyl sites for hydroxylation is 1. The Labute approximate surface area is 99.2 Å². The molecule has 0 radical (unpaired) electrons. The number of nitrogens with one attached hydrogen (secondary N) is 1. The molecule has 0 aromatic carbocycles. The summed E-state index contributed by atoms with van der Waals surface area (Å²) in [4.78, 5) is 0. The summed E-state index contributed by atoms with van der Waals surface area (Å²) in [6.07, 6.45) is 7.82. The van der Waals surface area contributed by atoms with E-state index < -0.39 is 0 Å². The van der Waals surface area contributed by atoms with E-state index in [4.69, 9.17) is 0 Å². The van der Waals surface area contributed by atoms with Crippen LogP contribution < -0.4 is 5.32 Å². The van der Waals surface area contributed by atoms with Crippen LogP contribution in [-0.2, 0) is 6.54 Å². The summed E-state index contributed by atoms with van der Waals surface area (Å²) >= 11 is 0. The number of nitrogens with zero attached hydrogens (tertiary/aromatic N) is 2. The molecule has 1 unspecified atom stereocenters. The van der Waals surface area contributed by atoms with Crippen LogP contribution >= 0.6 is 0 Å². The van der Waals surface area contributed by atoms with Crippen LogP contribution in [0.5, 0.6) is 0 Å². The van der Waals surface area contributed by atoms with Gasteiger partial charge in [0.2, 0.25) is 0 Å². The Kier molecular flexibility index (Phi) is 5.36. The van der Waals surface area contributed by atoms with Crippen molar-refractivity contribution >= 4 is 5.69 Å². The summed E-state index contributed by atoms with van der Waals surface area (Å²) in [5, 5.41) is 7.74. The quantitative estimate of drug-likeness (QED) is 0.766. The molecule has 3 nitrogen and oxygen atoms in total. The van der Waals surface area contributed by atoms with Crippen LogP contribution in [0.1, 0.15) is 47.0 Å². The molecule has 0 bridgehead atoms. The lowest BCUT2D eigenvalue weighted by molar-refractivity contribution is 0.520. The van der Waals surface area contributed by atoms with Gasteiger partial charge in [-0.2, -0.15) is 5.10 Å². The molecular formula is C13H25N3. The zero-order chi connectivity index (χ0) is 12.0. The largest absolute Gasteiger partial charge is 0.380 e. The van der Waals surface area contributed by atoms with Crippen LogP contribution in [0, 0.1) is 5.92 Å². The fourth-order valence-corrected chi connectivity index (χ4v) is 1.80. The predicted molar refractivity (Wildman–Crippen MR) is 69.7 cm³/mol. The van der Waals surface area contributed by atoms with E-state index >= 15 is 0 Å². The lowest BCUT2D eigenvalue weighted by Crippen LogP contribution is -2.14. The van der Waals surface area contributed by atoms with E-state index in [1.807, 2.05) is 10.9 Å². The highest BCUT2D eigenvalue weighted by Gasteiger charge is 2.04. The van der Waals surface area contributed by atoms with Crippen LogP contribution in [0.25, 0.3) is 0 Å². The second kappa shape index (κ2) is 6.56. The van der Waals surface area contributed by atoms with Gasteiger partial charge < -0.3 is 5.32 Å². The van der Waals surface area contributed by atoms with Crippen molar-refractivity contribution < 1.29 is 0 Å². The molecule has 1 atom stereocenters. The van der Waals surface area contributed by atoms with Gasteiger partial charge in [-0.25, -0.2) is 0 Å². The van der Waals surface area contributed by atoms with Gasteiger partial charge in [-0.1, -0.05) is 26.7 Å². The third-order valence-corrected chi connectivity index (χ3v) is 2.79. The molecule has 0 spiro atoms. The molecule has 1 aromatic heterocycles. The van der Waals surface area contributed by atoms with E-state index in [0.29, 0.717) is 6.04 Å². The van der Waals surface area contributed by atoms with Gasteiger partial charge >= 0.3 is 0 Å². The Balaban J connectivity index is 2.25. The molecule has 0 aliphatic rings. The van der Waals surface area contributed by atoms with Gasteiger partial charge in [-0.15, -0.1) is 0 Å². The highest BCUT2D eigenvalue weighted by atomic mass is 15.3. The summed E-state index contributed by atoms with van der Waals surface area (Å²) < 4.78 is 1.95. The second-order valence-electron chi connectivity index (χ2n) is 4.95. The van der Waals surface area contributed by atoms with Gasteiger partial charge in [-0.3, -0.25) is 4.68 Å². The van der Waals surface area contributed by atoms with Gasteiger partial charge in [0, 0.05) is 18.8 Å². The summed E-state index contributed by atoms with van der Waals surface area (Å²) in [6, 6.07) is 0.535. The van der Waals surface area contributed by atoms with E-state index in [-0.39, 0.29) is 0 Å². The predicted octanol–water partition coefficient (Wildman–Crippen LogP) is 3.53. The normalized spacial score (nSPS) is 13.1. The van der Waals surface area contributed by atoms with Crippen molar-refractivity contribution in [3.8, 4) is 0 Å². The van der Waals surface area contributed by atoms with Crippen molar-refractivity contribution in [2.24, 2.45) is 5.92 Å². The first-order chi connectivity index (χ1) is 7.61. The maximum absolute atomic E-state index is 4.25. The van der Waals surface area contributed by atoms with Gasteiger partial charge in [0.25, 0.3) is 0 Å². The molecule has 3 heteroatoms. The monoisotopic (exact) mass is 223 g/mol. The second-order valence-corrected chi connectivity index (χ2v) is 4.95. The van der Waals surface area contributed by atoms with E-state index in [9.17, 15) is 0 Å². The van der Waals surface area contributed by atoms with E-state index in [1.165, 1.54) is 19.3 Å². The highest BCUT2D eigenvalue weighted by Crippen LogP contribution is 2.12. The van der Waals surface area contributed by atoms with Crippen molar-refractivity contribution in [2.75, 3.05) is 5.32 Å². The SMILES string of the molecule is CCn1cc(NC(C)CCCC(C)C)cn1. The Morgan fingerprint density at radius 2 is 2.06 bits per heavy atom. The lowest BCUT2D eigenvalue weighted by Gasteiger charge is -2.14. The smallest absolute Gasteiger partial charge is 0.0728 e. The van der Waals surface area contributed by atoms with Crippen molar-refractivity contribution in [2.45, 2.75) is 59.5 Å². The zero-order valence-corrected chi connectivity index (χ0v) is 11.0. The van der Waals surface area contributed by atoms with Gasteiger partial charge in [0.05, 0.1) is 11.9 Å². The number of anilines is 1. The van der Waals surface area contributed by atoms with Crippen molar-refractivity contribution in [3.05, 3.63) is 12.4 Å². The highest BCUT2D eigenvalue weighted by molar-refractivity contribution is 5.38. The third-order valence-electron chi connectivity index (χ3n) is 2.79. The first kappa shape index (κ1) is 13.1. The van der Waals surface area contributed by atoms with Crippen molar-refractivity contribution in [1.82, 2.24) is 9.78 Å². The summed E-state index contributed by atoms with van der Waals surface area (Å²) in [6.45, 7) is 9.84. The maximum Gasteiger partial charge on any atom is 0.0728 e. The van der Waals surface area contributed by atoms with E-state index in [0.717, 1.165) is 18.2 Å². The fourth-order valence-electron chi connectivity index (χ4n) is 1.80. The lowest BCUT2D eigenvalue weighted by atomic mass is 10.0. The van der Waals surface area contributed by atoms with E-state index in [1.54, 1.807) is 0 Å². The zero-order valence-electron chi connectivity index (χ0n) is 11.0. The summed E-state index contributed by atoms with van der Waals surface area (Å²) in [5.74, 6) is 0.815. The van der Waals surface area contributed by atoms with Crippen molar-refractivity contribution in [3.63, 3.8) is 0 Å². The van der Waals surface area contributed by atoms with Crippen LogP contribution in [0.3, 0.4) is 0 Å². The minimum Gasteiger partial charge on any atom is -0.380 e. The molecule has 0 aliphatic heterocycles. The molecular weight excluding hydrogens is 198 g/mol. The van der Waals surface area contributed by atoms with Gasteiger partial charge in [0.15, 0.2) is 0 Å². The molecule has 1 N–H and O–H groups in total. The number of hydrogen-bond acceptors (Lipinski definition) is 2. The average molecular weight is 223 g/mol. The molecule has 0 fully saturated rings. The molecule has 0 amide bonds. The van der Waals surface area contributed by atoms with Gasteiger partial charge in [0.1, 0.15) is 0 Å². The maximum atomic E-state index is 4.25. The minimum absolute atomic E-state index is 0.535. The first-order valence-corrected chi connectivity index (χ1v) is 6.40. The number of aromatic nitrogens is 2. The number of hydrogen-bond donors (Lipinski definition) is 1. The van der Waals surface area contributed by atoms with Crippen LogP contribution in [0.15, 0.2) is 12.4 Å². The minimum atomic E-state index is 0.535. The molecule has 1 heterocycles. The van der Waals surface area contributed by atoms with Crippen molar-refractivity contribution in [1.29, 1.82) is 0 Å². The topological polar surface area (TPSA) is 29.9 Å². The van der Waals surface area contributed by atoms with Crippen LogP contribution in [0.4, 0.5) is 5.69 Å². The average Bonchev–Trinajstić information content (AvgIpc) is 2.65. The standard InChI is InChI=1S/C13H25N3/c1-5-16-10-13(9-14-16)15-12(4)8-6-7-11(2)3/h9-12,15H,5-8H2,1-4H3. The third kappa shape index (κ3) is 4.69. The van der Waals surface area contributed by atoms with Gasteiger partial charge in [-0.05, 0) is 26.2 Å². The molecule has 1 rings (SSSR count). The molecule has 16 heavy (non-hydrogen) atoms. The number of rotatable bonds is 7. The Morgan fingerprint density at radius 3 is 2.62 bits per heavy atom. The first-order valence-electron chi connectivity index (χ1n) is 6.40. The van der Waals surface area contributed by atoms with Crippen LogP contribution in [-0.4, -0.2) is 15.8 Å². The molecule has 1 aromatic rings. The Hall–Kier alpha value is -0.990. The molecule has 0 saturated carbocycles. The molecule has 92 valence electrons. The molecule has 0 aliphatic carbocycles. The van der Waals surface area contributed by atoms with E-state index in [2.05, 4.69) is 44.3 Å². The Bertz CT molecular complexity index is 291. The molecule has 0 saturated heterocycles. The Morgan fingerprint density at radius 1 is 1.31 bits per heavy atom. The fraction of sp³-hybridized carbons (Fsp3) is 0.769.